The summed E-state index contributed by atoms with van der Waals surface area (Å²) in [5.41, 5.74) is 16.2. The Bertz CT molecular complexity index is 3500. The minimum Gasteiger partial charge on any atom is -0.314 e. The molecular formula is C59H44N6. The zero-order chi connectivity index (χ0) is 43.6. The fraction of sp³-hybridized carbons (Fsp3) is 0.119. The Morgan fingerprint density at radius 1 is 0.538 bits per heavy atom. The van der Waals surface area contributed by atoms with Gasteiger partial charge < -0.3 is 18.9 Å². The van der Waals surface area contributed by atoms with Crippen LogP contribution in [0.2, 0.25) is 0 Å². The standard InChI is InChI=1S/C59H44N6/c1-39-16-17-40(37-60)20-30-54(39)63(49-29-32-56-52(35-49)50-14-8-9-15-55(50)64(56)43-10-4-2-5-11-43)47-26-24-46(25-27-47)62(45-22-18-41(38-61)19-23-45)48-28-33-57-53(36-48)59-51-34-42(51)21-31-58(59)65(57)44-12-6-3-7-13-44/h2-15,18-33,35-36,39,42,51H,16-17,34H2,1H3. The zero-order valence-corrected chi connectivity index (χ0v) is 36.0. The molecule has 1 saturated carbocycles. The van der Waals surface area contributed by atoms with E-state index in [-0.39, 0.29) is 5.92 Å². The Hall–Kier alpha value is -8.32. The van der Waals surface area contributed by atoms with E-state index in [0.29, 0.717) is 17.4 Å². The van der Waals surface area contributed by atoms with Gasteiger partial charge in [-0.25, -0.2) is 0 Å². The fourth-order valence-corrected chi connectivity index (χ4v) is 10.5. The zero-order valence-electron chi connectivity index (χ0n) is 36.0. The molecule has 3 aliphatic carbocycles. The maximum Gasteiger partial charge on any atom is 0.0991 e. The number of aromatic nitrogens is 2. The number of hydrogen-bond donors (Lipinski definition) is 0. The maximum absolute atomic E-state index is 9.97. The Labute approximate surface area is 378 Å². The van der Waals surface area contributed by atoms with Crippen LogP contribution in [0.1, 0.15) is 48.9 Å². The molecule has 2 heterocycles. The van der Waals surface area contributed by atoms with E-state index >= 15 is 0 Å². The number of rotatable bonds is 8. The molecule has 7 aromatic carbocycles. The van der Waals surface area contributed by atoms with Crippen LogP contribution >= 0.6 is 0 Å². The molecule has 1 fully saturated rings. The van der Waals surface area contributed by atoms with Gasteiger partial charge in [0, 0.05) is 67.2 Å². The smallest absolute Gasteiger partial charge is 0.0991 e. The third-order valence-corrected chi connectivity index (χ3v) is 13.8. The summed E-state index contributed by atoms with van der Waals surface area (Å²) < 4.78 is 4.77. The van der Waals surface area contributed by atoms with Crippen LogP contribution in [0.3, 0.4) is 0 Å². The third-order valence-electron chi connectivity index (χ3n) is 13.8. The van der Waals surface area contributed by atoms with E-state index in [9.17, 15) is 10.5 Å². The minimum absolute atomic E-state index is 0.190. The first-order valence-corrected chi connectivity index (χ1v) is 22.6. The first-order chi connectivity index (χ1) is 32.1. The fourth-order valence-electron chi connectivity index (χ4n) is 10.5. The van der Waals surface area contributed by atoms with Crippen LogP contribution in [-0.4, -0.2) is 9.13 Å². The normalized spacial score (nSPS) is 17.4. The highest BCUT2D eigenvalue weighted by molar-refractivity contribution is 6.10. The third kappa shape index (κ3) is 6.45. The molecule has 0 spiro atoms. The molecule has 0 N–H and O–H groups in total. The average molecular weight is 837 g/mol. The van der Waals surface area contributed by atoms with Crippen LogP contribution < -0.4 is 9.80 Å². The van der Waals surface area contributed by atoms with Gasteiger partial charge >= 0.3 is 0 Å². The molecule has 12 rings (SSSR count). The molecule has 3 aliphatic rings. The highest BCUT2D eigenvalue weighted by atomic mass is 15.2. The minimum atomic E-state index is 0.190. The number of allylic oxidation sites excluding steroid dienone is 5. The number of para-hydroxylation sites is 3. The summed E-state index contributed by atoms with van der Waals surface area (Å²) in [5, 5.41) is 23.4. The second-order valence-electron chi connectivity index (χ2n) is 17.6. The van der Waals surface area contributed by atoms with Crippen molar-refractivity contribution in [2.75, 3.05) is 9.80 Å². The van der Waals surface area contributed by atoms with Crippen molar-refractivity contribution in [1.82, 2.24) is 9.13 Å². The van der Waals surface area contributed by atoms with Gasteiger partial charge in [0.2, 0.25) is 0 Å². The highest BCUT2D eigenvalue weighted by Gasteiger charge is 2.42. The number of fused-ring (bicyclic) bond motifs is 8. The summed E-state index contributed by atoms with van der Waals surface area (Å²) in [5.74, 6) is 1.32. The van der Waals surface area contributed by atoms with E-state index < -0.39 is 0 Å². The van der Waals surface area contributed by atoms with E-state index in [4.69, 9.17) is 0 Å². The Kier molecular flexibility index (Phi) is 9.14. The van der Waals surface area contributed by atoms with Crippen LogP contribution in [0.5, 0.6) is 0 Å². The molecule has 310 valence electrons. The Morgan fingerprint density at radius 2 is 1.11 bits per heavy atom. The van der Waals surface area contributed by atoms with Crippen molar-refractivity contribution >= 4 is 67.2 Å². The van der Waals surface area contributed by atoms with Crippen molar-refractivity contribution in [1.29, 1.82) is 10.5 Å². The number of anilines is 5. The topological polar surface area (TPSA) is 63.9 Å². The molecule has 0 saturated heterocycles. The molecule has 65 heavy (non-hydrogen) atoms. The van der Waals surface area contributed by atoms with Gasteiger partial charge in [-0.05, 0) is 176 Å². The summed E-state index contributed by atoms with van der Waals surface area (Å²) in [6.07, 6.45) is 11.7. The van der Waals surface area contributed by atoms with Crippen molar-refractivity contribution in [3.8, 4) is 23.5 Å². The van der Waals surface area contributed by atoms with E-state index in [1.807, 2.05) is 30.3 Å². The maximum atomic E-state index is 9.97. The summed E-state index contributed by atoms with van der Waals surface area (Å²) in [6.45, 7) is 2.27. The van der Waals surface area contributed by atoms with Crippen molar-refractivity contribution < 1.29 is 0 Å². The first-order valence-electron chi connectivity index (χ1n) is 22.6. The van der Waals surface area contributed by atoms with Gasteiger partial charge in [-0.1, -0.05) is 67.6 Å². The second-order valence-corrected chi connectivity index (χ2v) is 17.6. The van der Waals surface area contributed by atoms with Gasteiger partial charge in [-0.3, -0.25) is 0 Å². The Balaban J connectivity index is 1.01. The number of hydrogen-bond acceptors (Lipinski definition) is 4. The van der Waals surface area contributed by atoms with Crippen molar-refractivity contribution in [2.45, 2.75) is 32.1 Å². The molecule has 9 aromatic rings. The van der Waals surface area contributed by atoms with E-state index in [2.05, 4.69) is 202 Å². The summed E-state index contributed by atoms with van der Waals surface area (Å²) in [4.78, 5) is 4.69. The largest absolute Gasteiger partial charge is 0.314 e. The molecule has 3 unspecified atom stereocenters. The van der Waals surface area contributed by atoms with Crippen molar-refractivity contribution in [3.63, 3.8) is 0 Å². The number of nitrogens with zero attached hydrogens (tertiary/aromatic N) is 6. The van der Waals surface area contributed by atoms with E-state index in [1.165, 1.54) is 39.4 Å². The van der Waals surface area contributed by atoms with Gasteiger partial charge in [0.15, 0.2) is 0 Å². The lowest BCUT2D eigenvalue weighted by Gasteiger charge is -2.32. The summed E-state index contributed by atoms with van der Waals surface area (Å²) >= 11 is 0. The SMILES string of the molecule is CC1CCC(C#N)=CC=C1N(c1ccc(N(c2ccc(C#N)cc2)c2ccc3c(c2)c2c(n3-c3ccccc3)C=CC3CC23)cc1)c1ccc2c(c1)c1ccccc1n2-c1ccccc1. The van der Waals surface area contributed by atoms with Crippen LogP contribution in [0.25, 0.3) is 50.2 Å². The average Bonchev–Trinajstić information content (AvgIpc) is 4.03. The lowest BCUT2D eigenvalue weighted by Crippen LogP contribution is -2.21. The van der Waals surface area contributed by atoms with Gasteiger partial charge in [0.05, 0.1) is 39.9 Å². The molecule has 3 atom stereocenters. The molecule has 0 radical (unpaired) electrons. The monoisotopic (exact) mass is 836 g/mol. The predicted molar refractivity (Wildman–Crippen MR) is 266 cm³/mol. The van der Waals surface area contributed by atoms with E-state index in [0.717, 1.165) is 75.0 Å². The lowest BCUT2D eigenvalue weighted by atomic mass is 9.99. The highest BCUT2D eigenvalue weighted by Crippen LogP contribution is 2.56. The van der Waals surface area contributed by atoms with Crippen LogP contribution in [0.4, 0.5) is 28.4 Å². The van der Waals surface area contributed by atoms with Crippen LogP contribution in [-0.2, 0) is 0 Å². The van der Waals surface area contributed by atoms with Crippen LogP contribution in [0, 0.1) is 34.5 Å². The second kappa shape index (κ2) is 15.5. The molecular weight excluding hydrogens is 793 g/mol. The quantitative estimate of drug-likeness (QED) is 0.153. The summed E-state index contributed by atoms with van der Waals surface area (Å²) in [7, 11) is 0. The van der Waals surface area contributed by atoms with Crippen LogP contribution in [0.15, 0.2) is 199 Å². The predicted octanol–water partition coefficient (Wildman–Crippen LogP) is 15.1. The Morgan fingerprint density at radius 3 is 1.80 bits per heavy atom. The van der Waals surface area contributed by atoms with E-state index in [1.54, 1.807) is 0 Å². The van der Waals surface area contributed by atoms with Gasteiger partial charge in [0.25, 0.3) is 0 Å². The molecule has 6 heteroatoms. The molecule has 0 bridgehead atoms. The number of benzene rings is 7. The van der Waals surface area contributed by atoms with Crippen molar-refractivity contribution in [2.24, 2.45) is 11.8 Å². The van der Waals surface area contributed by atoms with Crippen molar-refractivity contribution in [3.05, 3.63) is 216 Å². The van der Waals surface area contributed by atoms with Gasteiger partial charge in [-0.2, -0.15) is 10.5 Å². The molecule has 0 amide bonds. The van der Waals surface area contributed by atoms with Gasteiger partial charge in [-0.15, -0.1) is 0 Å². The lowest BCUT2D eigenvalue weighted by molar-refractivity contribution is 0.610. The number of nitriles is 2. The molecule has 6 nitrogen and oxygen atoms in total. The molecule has 2 aromatic heterocycles. The summed E-state index contributed by atoms with van der Waals surface area (Å²) in [6, 6.07) is 65.1. The van der Waals surface area contributed by atoms with Gasteiger partial charge in [0.1, 0.15) is 0 Å². The molecule has 0 aliphatic heterocycles. The first kappa shape index (κ1) is 38.4.